The molecule has 3 heterocycles. The van der Waals surface area contributed by atoms with E-state index in [-0.39, 0.29) is 29.9 Å². The number of hydrogen-bond donors (Lipinski definition) is 4. The summed E-state index contributed by atoms with van der Waals surface area (Å²) in [7, 11) is 1.65. The molecule has 0 bridgehead atoms. The molecule has 0 unspecified atom stereocenters. The summed E-state index contributed by atoms with van der Waals surface area (Å²) in [5, 5.41) is 17.4. The molecule has 5 rings (SSSR count). The minimum absolute atomic E-state index is 0.0131. The second-order valence-corrected chi connectivity index (χ2v) is 8.65. The number of fused-ring (bicyclic) bond motifs is 4. The van der Waals surface area contributed by atoms with E-state index in [1.165, 1.54) is 17.7 Å². The molecule has 1 saturated heterocycles. The van der Waals surface area contributed by atoms with E-state index in [4.69, 9.17) is 4.74 Å². The Morgan fingerprint density at radius 2 is 2.00 bits per heavy atom. The van der Waals surface area contributed by atoms with Crippen molar-refractivity contribution in [3.05, 3.63) is 59.5 Å². The van der Waals surface area contributed by atoms with Gasteiger partial charge in [0.1, 0.15) is 11.6 Å². The second kappa shape index (κ2) is 8.11. The van der Waals surface area contributed by atoms with Crippen molar-refractivity contribution in [2.24, 2.45) is 0 Å². The number of aliphatic hydroxyl groups is 1. The lowest BCUT2D eigenvalue weighted by Crippen LogP contribution is -2.53. The molecule has 0 saturated carbocycles. The number of aromatic amines is 1. The van der Waals surface area contributed by atoms with Crippen LogP contribution in [0.15, 0.2) is 42.5 Å². The molecule has 2 aromatic carbocycles. The summed E-state index contributed by atoms with van der Waals surface area (Å²) in [6, 6.07) is 11.5. The van der Waals surface area contributed by atoms with Crippen molar-refractivity contribution >= 4 is 22.6 Å². The third-order valence-electron chi connectivity index (χ3n) is 6.89. The fourth-order valence-electron chi connectivity index (χ4n) is 5.12. The number of piperidine rings is 1. The summed E-state index contributed by atoms with van der Waals surface area (Å²) in [6.07, 6.45) is 1.61. The number of nitrogens with zero attached hydrogens (tertiary/aromatic N) is 1. The number of aliphatic hydroxyl groups excluding tert-OH is 1. The molecule has 7 nitrogen and oxygen atoms in total. The number of aromatic nitrogens is 1. The van der Waals surface area contributed by atoms with Crippen molar-refractivity contribution in [1.29, 1.82) is 0 Å². The van der Waals surface area contributed by atoms with Crippen LogP contribution in [0.4, 0.5) is 14.9 Å². The Bertz CT molecular complexity index is 1140. The first-order chi connectivity index (χ1) is 15.5. The number of benzene rings is 2. The van der Waals surface area contributed by atoms with E-state index in [1.54, 1.807) is 19.2 Å². The molecule has 2 amide bonds. The van der Waals surface area contributed by atoms with Crippen LogP contribution in [0.25, 0.3) is 10.9 Å². The van der Waals surface area contributed by atoms with Crippen LogP contribution in [0.1, 0.15) is 30.1 Å². The summed E-state index contributed by atoms with van der Waals surface area (Å²) in [5.74, 6) is 0.451. The van der Waals surface area contributed by atoms with Crippen LogP contribution in [0, 0.1) is 5.82 Å². The predicted molar refractivity (Wildman–Crippen MR) is 121 cm³/mol. The zero-order valence-corrected chi connectivity index (χ0v) is 18.0. The molecule has 168 valence electrons. The number of anilines is 1. The number of hydrogen-bond acceptors (Lipinski definition) is 4. The molecule has 1 fully saturated rings. The van der Waals surface area contributed by atoms with Gasteiger partial charge in [0.2, 0.25) is 0 Å². The van der Waals surface area contributed by atoms with E-state index in [2.05, 4.69) is 21.7 Å². The molecule has 1 spiro atoms. The Kier molecular flexibility index (Phi) is 5.27. The normalized spacial score (nSPS) is 19.7. The molecule has 0 radical (unpaired) electrons. The quantitative estimate of drug-likeness (QED) is 0.504. The number of likely N-dealkylation sites (tertiary alicyclic amines) is 1. The van der Waals surface area contributed by atoms with E-state index in [0.717, 1.165) is 41.7 Å². The molecule has 2 aliphatic rings. The number of rotatable bonds is 3. The van der Waals surface area contributed by atoms with E-state index in [1.807, 2.05) is 17.0 Å². The van der Waals surface area contributed by atoms with Gasteiger partial charge in [0.05, 0.1) is 19.8 Å². The van der Waals surface area contributed by atoms with E-state index < -0.39 is 0 Å². The maximum atomic E-state index is 13.1. The van der Waals surface area contributed by atoms with Crippen LogP contribution in [-0.2, 0) is 5.41 Å². The van der Waals surface area contributed by atoms with Crippen molar-refractivity contribution < 1.29 is 19.0 Å². The van der Waals surface area contributed by atoms with E-state index in [0.29, 0.717) is 18.8 Å². The molecular formula is C24H27FN4O3. The van der Waals surface area contributed by atoms with Gasteiger partial charge in [0, 0.05) is 53.4 Å². The van der Waals surface area contributed by atoms with Crippen LogP contribution in [0.2, 0.25) is 0 Å². The van der Waals surface area contributed by atoms with Crippen molar-refractivity contribution in [2.45, 2.75) is 24.3 Å². The summed E-state index contributed by atoms with van der Waals surface area (Å²) in [5.41, 5.74) is 3.71. The van der Waals surface area contributed by atoms with Crippen LogP contribution < -0.4 is 15.4 Å². The number of urea groups is 1. The van der Waals surface area contributed by atoms with Gasteiger partial charge in [-0.15, -0.1) is 0 Å². The second-order valence-electron chi connectivity index (χ2n) is 8.65. The molecule has 0 aliphatic carbocycles. The molecule has 4 N–H and O–H groups in total. The van der Waals surface area contributed by atoms with Gasteiger partial charge in [-0.05, 0) is 54.8 Å². The van der Waals surface area contributed by atoms with E-state index >= 15 is 0 Å². The van der Waals surface area contributed by atoms with Gasteiger partial charge in [-0.2, -0.15) is 0 Å². The fraction of sp³-hybridized carbons (Fsp3) is 0.375. The first-order valence-electron chi connectivity index (χ1n) is 10.9. The number of H-pyrrole nitrogens is 1. The Labute approximate surface area is 185 Å². The van der Waals surface area contributed by atoms with Crippen molar-refractivity contribution in [2.75, 3.05) is 38.7 Å². The maximum absolute atomic E-state index is 13.1. The highest BCUT2D eigenvalue weighted by molar-refractivity contribution is 5.90. The highest BCUT2D eigenvalue weighted by atomic mass is 19.1. The summed E-state index contributed by atoms with van der Waals surface area (Å²) < 4.78 is 18.5. The van der Waals surface area contributed by atoms with Gasteiger partial charge in [0.25, 0.3) is 0 Å². The number of carbonyl (C=O) groups is 1. The largest absolute Gasteiger partial charge is 0.497 e. The lowest BCUT2D eigenvalue weighted by atomic mass is 9.69. The monoisotopic (exact) mass is 438 g/mol. The molecule has 1 aromatic heterocycles. The number of methoxy groups -OCH3 is 1. The summed E-state index contributed by atoms with van der Waals surface area (Å²) >= 11 is 0. The van der Waals surface area contributed by atoms with Gasteiger partial charge >= 0.3 is 6.03 Å². The number of ether oxygens (including phenoxy) is 1. The molecule has 32 heavy (non-hydrogen) atoms. The van der Waals surface area contributed by atoms with Gasteiger partial charge in [-0.25, -0.2) is 9.18 Å². The summed E-state index contributed by atoms with van der Waals surface area (Å²) in [4.78, 5) is 18.1. The van der Waals surface area contributed by atoms with Gasteiger partial charge in [-0.1, -0.05) is 0 Å². The first kappa shape index (κ1) is 20.8. The van der Waals surface area contributed by atoms with Gasteiger partial charge < -0.3 is 30.4 Å². The van der Waals surface area contributed by atoms with Crippen molar-refractivity contribution in [3.8, 4) is 5.75 Å². The third-order valence-corrected chi connectivity index (χ3v) is 6.89. The zero-order chi connectivity index (χ0) is 22.3. The van der Waals surface area contributed by atoms with Crippen LogP contribution in [-0.4, -0.2) is 54.4 Å². The minimum Gasteiger partial charge on any atom is -0.497 e. The van der Waals surface area contributed by atoms with E-state index in [9.17, 15) is 14.3 Å². The Balaban J connectivity index is 1.40. The Morgan fingerprint density at radius 3 is 2.69 bits per heavy atom. The average molecular weight is 439 g/mol. The first-order valence-corrected chi connectivity index (χ1v) is 10.9. The lowest BCUT2D eigenvalue weighted by molar-refractivity contribution is 0.149. The predicted octanol–water partition coefficient (Wildman–Crippen LogP) is 3.52. The fourth-order valence-corrected chi connectivity index (χ4v) is 5.12. The smallest absolute Gasteiger partial charge is 0.321 e. The lowest BCUT2D eigenvalue weighted by Gasteiger charge is -2.46. The number of amides is 2. The van der Waals surface area contributed by atoms with Gasteiger partial charge in [-0.3, -0.25) is 0 Å². The number of carbonyl (C=O) groups excluding carboxylic acids is 1. The molecule has 1 atom stereocenters. The minimum atomic E-state index is -0.332. The highest BCUT2D eigenvalue weighted by Gasteiger charge is 2.44. The van der Waals surface area contributed by atoms with Crippen LogP contribution >= 0.6 is 0 Å². The van der Waals surface area contributed by atoms with Crippen molar-refractivity contribution in [1.82, 2.24) is 15.2 Å². The standard InChI is InChI=1S/C24H27FN4O3/c1-32-17-6-7-18-19(12-17)28-22-20(13-30)26-14-24(21(18)22)8-10-29(11-9-24)23(31)27-16-4-2-15(25)3-5-16/h2-7,12,20,26,28,30H,8-11,13-14H2,1H3,(H,27,31)/t20-/m1/s1. The molecule has 8 heteroatoms. The van der Waals surface area contributed by atoms with Crippen molar-refractivity contribution in [3.63, 3.8) is 0 Å². The maximum Gasteiger partial charge on any atom is 0.321 e. The SMILES string of the molecule is COc1ccc2c3c([nH]c2c1)[C@@H](CO)NCC31CCN(C(=O)Nc2ccc(F)cc2)CC1. The highest BCUT2D eigenvalue weighted by Crippen LogP contribution is 2.46. The molecule has 3 aromatic rings. The van der Waals surface area contributed by atoms with Gasteiger partial charge in [0.15, 0.2) is 0 Å². The number of nitrogens with one attached hydrogen (secondary N) is 3. The molecule has 2 aliphatic heterocycles. The molecular weight excluding hydrogens is 411 g/mol. The third kappa shape index (κ3) is 3.49. The zero-order valence-electron chi connectivity index (χ0n) is 18.0. The Hall–Kier alpha value is -3.10. The van der Waals surface area contributed by atoms with Crippen LogP contribution in [0.5, 0.6) is 5.75 Å². The average Bonchev–Trinajstić information content (AvgIpc) is 3.21. The summed E-state index contributed by atoms with van der Waals surface area (Å²) in [6.45, 7) is 1.98. The van der Waals surface area contributed by atoms with Crippen LogP contribution in [0.3, 0.4) is 0 Å². The number of halogens is 1. The Morgan fingerprint density at radius 1 is 1.25 bits per heavy atom. The topological polar surface area (TPSA) is 89.6 Å².